The number of H-pyrrole nitrogens is 1. The average molecular weight is 229 g/mol. The molecule has 0 unspecified atom stereocenters. The predicted octanol–water partition coefficient (Wildman–Crippen LogP) is 2.21. The second kappa shape index (κ2) is 3.87. The van der Waals surface area contributed by atoms with Gasteiger partial charge in [0.2, 0.25) is 5.75 Å². The zero-order valence-electron chi connectivity index (χ0n) is 6.94. The minimum atomic E-state index is -5.18. The first-order valence-electron chi connectivity index (χ1n) is 3.57. The van der Waals surface area contributed by atoms with E-state index in [1.807, 2.05) is 0 Å². The van der Waals surface area contributed by atoms with Crippen LogP contribution in [0.5, 0.6) is 5.75 Å². The Morgan fingerprint density at radius 2 is 1.93 bits per heavy atom. The number of nitrogens with one attached hydrogen (secondary N) is 1. The van der Waals surface area contributed by atoms with Crippen LogP contribution >= 0.6 is 0 Å². The van der Waals surface area contributed by atoms with Gasteiger partial charge in [0.15, 0.2) is 0 Å². The van der Waals surface area contributed by atoms with Gasteiger partial charge in [-0.25, -0.2) is 8.78 Å². The molecule has 1 aromatic heterocycles. The molecule has 0 aliphatic rings. The number of pyridine rings is 1. The van der Waals surface area contributed by atoms with E-state index in [0.29, 0.717) is 6.07 Å². The van der Waals surface area contributed by atoms with E-state index >= 15 is 0 Å². The van der Waals surface area contributed by atoms with Crippen LogP contribution in [0.3, 0.4) is 0 Å². The van der Waals surface area contributed by atoms with Gasteiger partial charge in [0.05, 0.1) is 5.56 Å². The first-order valence-corrected chi connectivity index (χ1v) is 3.57. The Morgan fingerprint density at radius 3 is 2.40 bits per heavy atom. The van der Waals surface area contributed by atoms with Crippen LogP contribution in [-0.2, 0) is 0 Å². The monoisotopic (exact) mass is 229 g/mol. The molecule has 84 valence electrons. The maximum atomic E-state index is 12.2. The average Bonchev–Trinajstić information content (AvgIpc) is 2.05. The van der Waals surface area contributed by atoms with Crippen LogP contribution in [0.1, 0.15) is 12.0 Å². The van der Waals surface area contributed by atoms with Crippen molar-refractivity contribution in [2.75, 3.05) is 0 Å². The maximum absolute atomic E-state index is 12.2. The quantitative estimate of drug-likeness (QED) is 0.790. The van der Waals surface area contributed by atoms with Crippen molar-refractivity contribution in [1.82, 2.24) is 4.98 Å². The predicted molar refractivity (Wildman–Crippen MR) is 38.7 cm³/mol. The molecule has 0 saturated carbocycles. The van der Waals surface area contributed by atoms with Crippen molar-refractivity contribution in [2.45, 2.75) is 12.8 Å². The highest BCUT2D eigenvalue weighted by atomic mass is 19.4. The fourth-order valence-electron chi connectivity index (χ4n) is 0.872. The van der Waals surface area contributed by atoms with Crippen LogP contribution < -0.4 is 10.3 Å². The summed E-state index contributed by atoms with van der Waals surface area (Å²) in [5, 5.41) is 0. The van der Waals surface area contributed by atoms with Crippen LogP contribution in [-0.4, -0.2) is 11.3 Å². The topological polar surface area (TPSA) is 42.1 Å². The molecule has 0 bridgehead atoms. The zero-order chi connectivity index (χ0) is 11.6. The van der Waals surface area contributed by atoms with E-state index in [1.165, 1.54) is 0 Å². The zero-order valence-corrected chi connectivity index (χ0v) is 6.94. The van der Waals surface area contributed by atoms with Crippen molar-refractivity contribution in [3.8, 4) is 5.75 Å². The van der Waals surface area contributed by atoms with Gasteiger partial charge in [0.1, 0.15) is 0 Å². The van der Waals surface area contributed by atoms with Crippen molar-refractivity contribution in [2.24, 2.45) is 0 Å². The summed E-state index contributed by atoms with van der Waals surface area (Å²) in [4.78, 5) is 12.6. The van der Waals surface area contributed by atoms with E-state index in [4.69, 9.17) is 0 Å². The normalized spacial score (nSPS) is 11.9. The molecule has 15 heavy (non-hydrogen) atoms. The number of alkyl halides is 5. The molecule has 0 aliphatic heterocycles. The highest BCUT2D eigenvalue weighted by Crippen LogP contribution is 2.29. The van der Waals surface area contributed by atoms with Gasteiger partial charge < -0.3 is 9.72 Å². The Kier molecular flexibility index (Phi) is 2.96. The third-order valence-corrected chi connectivity index (χ3v) is 1.40. The molecule has 0 aromatic carbocycles. The lowest BCUT2D eigenvalue weighted by Crippen LogP contribution is -2.24. The highest BCUT2D eigenvalue weighted by Gasteiger charge is 2.34. The van der Waals surface area contributed by atoms with E-state index in [1.54, 1.807) is 4.98 Å². The first-order chi connectivity index (χ1) is 6.81. The summed E-state index contributed by atoms with van der Waals surface area (Å²) < 4.78 is 62.8. The Morgan fingerprint density at radius 1 is 1.33 bits per heavy atom. The smallest absolute Gasteiger partial charge is 0.399 e. The minimum absolute atomic E-state index is 0.646. The Labute approximate surface area is 79.5 Å². The Hall–Kier alpha value is -1.60. The van der Waals surface area contributed by atoms with Crippen molar-refractivity contribution < 1.29 is 26.7 Å². The standard InChI is InChI=1S/C7H4F5NO2/c8-5(9)3-1-2-13-6(14)4(3)15-7(10,11)12/h1-2,5H,(H,13,14). The van der Waals surface area contributed by atoms with Gasteiger partial charge in [-0.1, -0.05) is 0 Å². The molecular weight excluding hydrogens is 225 g/mol. The van der Waals surface area contributed by atoms with Crippen molar-refractivity contribution in [3.63, 3.8) is 0 Å². The van der Waals surface area contributed by atoms with Crippen LogP contribution in [0.2, 0.25) is 0 Å². The van der Waals surface area contributed by atoms with Gasteiger partial charge in [-0.2, -0.15) is 0 Å². The summed E-state index contributed by atoms with van der Waals surface area (Å²) in [6.07, 6.45) is -7.59. The van der Waals surface area contributed by atoms with Crippen LogP contribution in [0.25, 0.3) is 0 Å². The van der Waals surface area contributed by atoms with Gasteiger partial charge in [-0.05, 0) is 6.07 Å². The molecule has 0 atom stereocenters. The highest BCUT2D eigenvalue weighted by molar-refractivity contribution is 5.31. The number of aromatic amines is 1. The molecular formula is C7H4F5NO2. The van der Waals surface area contributed by atoms with Crippen molar-refractivity contribution in [3.05, 3.63) is 28.2 Å². The van der Waals surface area contributed by atoms with Crippen LogP contribution in [0.4, 0.5) is 22.0 Å². The fraction of sp³-hybridized carbons (Fsp3) is 0.286. The summed E-state index contributed by atoms with van der Waals surface area (Å²) in [5.41, 5.74) is -2.46. The molecule has 0 amide bonds. The van der Waals surface area contributed by atoms with E-state index < -0.39 is 29.7 Å². The third-order valence-electron chi connectivity index (χ3n) is 1.40. The van der Waals surface area contributed by atoms with Crippen molar-refractivity contribution >= 4 is 0 Å². The molecule has 0 saturated heterocycles. The second-order valence-corrected chi connectivity index (χ2v) is 2.44. The largest absolute Gasteiger partial charge is 0.573 e. The number of hydrogen-bond donors (Lipinski definition) is 1. The first kappa shape index (κ1) is 11.5. The van der Waals surface area contributed by atoms with Crippen LogP contribution in [0.15, 0.2) is 17.1 Å². The van der Waals surface area contributed by atoms with Gasteiger partial charge >= 0.3 is 6.36 Å². The Bertz CT molecular complexity index is 397. The fourth-order valence-corrected chi connectivity index (χ4v) is 0.872. The molecule has 1 rings (SSSR count). The summed E-state index contributed by atoms with van der Waals surface area (Å²) in [7, 11) is 0. The molecule has 1 aromatic rings. The van der Waals surface area contributed by atoms with Crippen LogP contribution in [0, 0.1) is 0 Å². The number of ether oxygens (including phenoxy) is 1. The van der Waals surface area contributed by atoms with E-state index in [2.05, 4.69) is 4.74 Å². The molecule has 0 spiro atoms. The van der Waals surface area contributed by atoms with Gasteiger partial charge in [0, 0.05) is 6.20 Å². The SMILES string of the molecule is O=c1[nH]ccc(C(F)F)c1OC(F)(F)F. The number of aromatic nitrogens is 1. The third kappa shape index (κ3) is 2.93. The number of hydrogen-bond acceptors (Lipinski definition) is 2. The van der Waals surface area contributed by atoms with Gasteiger partial charge in [-0.3, -0.25) is 4.79 Å². The summed E-state index contributed by atoms with van der Waals surface area (Å²) in [6, 6.07) is 0.646. The minimum Gasteiger partial charge on any atom is -0.399 e. The van der Waals surface area contributed by atoms with E-state index in [-0.39, 0.29) is 0 Å². The lowest BCUT2D eigenvalue weighted by molar-refractivity contribution is -0.275. The molecule has 1 heterocycles. The van der Waals surface area contributed by atoms with Gasteiger partial charge in [0.25, 0.3) is 12.0 Å². The summed E-state index contributed by atoms with van der Waals surface area (Å²) >= 11 is 0. The molecule has 0 aliphatic carbocycles. The summed E-state index contributed by atoms with van der Waals surface area (Å²) in [6.45, 7) is 0. The molecule has 0 radical (unpaired) electrons. The molecule has 1 N–H and O–H groups in total. The van der Waals surface area contributed by atoms with E-state index in [0.717, 1.165) is 6.20 Å². The number of rotatable bonds is 2. The lowest BCUT2D eigenvalue weighted by Gasteiger charge is -2.11. The number of halogens is 5. The summed E-state index contributed by atoms with van der Waals surface area (Å²) in [5.74, 6) is -1.43. The van der Waals surface area contributed by atoms with Gasteiger partial charge in [-0.15, -0.1) is 13.2 Å². The second-order valence-electron chi connectivity index (χ2n) is 2.44. The molecule has 3 nitrogen and oxygen atoms in total. The molecule has 8 heteroatoms. The van der Waals surface area contributed by atoms with E-state index in [9.17, 15) is 26.7 Å². The van der Waals surface area contributed by atoms with Crippen molar-refractivity contribution in [1.29, 1.82) is 0 Å². The maximum Gasteiger partial charge on any atom is 0.573 e. The molecule has 0 fully saturated rings. The Balaban J connectivity index is 3.20. The lowest BCUT2D eigenvalue weighted by atomic mass is 10.2.